The highest BCUT2D eigenvalue weighted by Crippen LogP contribution is 2.31. The molecule has 0 spiro atoms. The van der Waals surface area contributed by atoms with Crippen molar-refractivity contribution in [3.05, 3.63) is 47.2 Å². The SMILES string of the molecule is CN1CCN(c2nc(OC[C@@H]3CCCN3C)nc3c2CCN(Cc2ccccc2)C3)CC1CC#N. The molecule has 2 atom stereocenters. The fourth-order valence-electron chi connectivity index (χ4n) is 5.57. The number of likely N-dealkylation sites (tertiary alicyclic amines) is 1. The van der Waals surface area contributed by atoms with E-state index >= 15 is 0 Å². The van der Waals surface area contributed by atoms with Crippen molar-refractivity contribution in [2.75, 3.05) is 58.3 Å². The van der Waals surface area contributed by atoms with E-state index in [-0.39, 0.29) is 6.04 Å². The average molecular weight is 476 g/mol. The molecule has 5 rings (SSSR count). The van der Waals surface area contributed by atoms with Gasteiger partial charge in [0.25, 0.3) is 0 Å². The van der Waals surface area contributed by atoms with Crippen molar-refractivity contribution < 1.29 is 4.74 Å². The predicted octanol–water partition coefficient (Wildman–Crippen LogP) is 2.54. The molecule has 0 N–H and O–H groups in total. The van der Waals surface area contributed by atoms with E-state index in [1.807, 2.05) is 0 Å². The first-order valence-electron chi connectivity index (χ1n) is 12.9. The van der Waals surface area contributed by atoms with Crippen LogP contribution in [-0.4, -0.2) is 90.2 Å². The molecule has 2 aromatic rings. The Morgan fingerprint density at radius 3 is 2.63 bits per heavy atom. The first-order valence-corrected chi connectivity index (χ1v) is 12.9. The highest BCUT2D eigenvalue weighted by molar-refractivity contribution is 5.52. The lowest BCUT2D eigenvalue weighted by atomic mass is 10.0. The maximum Gasteiger partial charge on any atom is 0.318 e. The second-order valence-electron chi connectivity index (χ2n) is 10.2. The normalized spacial score (nSPS) is 23.7. The molecule has 3 aliphatic heterocycles. The van der Waals surface area contributed by atoms with Crippen LogP contribution in [0.25, 0.3) is 0 Å². The molecule has 4 heterocycles. The molecule has 0 aliphatic carbocycles. The Morgan fingerprint density at radius 1 is 1.03 bits per heavy atom. The third kappa shape index (κ3) is 5.58. The number of nitriles is 1. The van der Waals surface area contributed by atoms with Gasteiger partial charge in [-0.2, -0.15) is 15.2 Å². The summed E-state index contributed by atoms with van der Waals surface area (Å²) in [6, 6.07) is 14.1. The molecule has 186 valence electrons. The summed E-state index contributed by atoms with van der Waals surface area (Å²) in [5, 5.41) is 9.32. The number of ether oxygens (including phenoxy) is 1. The van der Waals surface area contributed by atoms with Gasteiger partial charge in [-0.25, -0.2) is 0 Å². The molecule has 0 bridgehead atoms. The van der Waals surface area contributed by atoms with Gasteiger partial charge in [-0.15, -0.1) is 0 Å². The first kappa shape index (κ1) is 24.0. The second-order valence-corrected chi connectivity index (χ2v) is 10.2. The van der Waals surface area contributed by atoms with Crippen molar-refractivity contribution in [3.63, 3.8) is 0 Å². The van der Waals surface area contributed by atoms with Crippen LogP contribution in [0, 0.1) is 11.3 Å². The Labute approximate surface area is 209 Å². The van der Waals surface area contributed by atoms with Crippen molar-refractivity contribution >= 4 is 5.82 Å². The molecule has 1 aromatic heterocycles. The minimum Gasteiger partial charge on any atom is -0.462 e. The molecular weight excluding hydrogens is 438 g/mol. The fourth-order valence-corrected chi connectivity index (χ4v) is 5.57. The number of benzene rings is 1. The zero-order valence-electron chi connectivity index (χ0n) is 21.1. The van der Waals surface area contributed by atoms with Crippen LogP contribution in [0.2, 0.25) is 0 Å². The van der Waals surface area contributed by atoms with Crippen LogP contribution in [0.5, 0.6) is 6.01 Å². The van der Waals surface area contributed by atoms with E-state index in [2.05, 4.69) is 70.1 Å². The van der Waals surface area contributed by atoms with Crippen molar-refractivity contribution in [3.8, 4) is 12.1 Å². The molecule has 0 saturated carbocycles. The Hall–Kier alpha value is -2.73. The number of fused-ring (bicyclic) bond motifs is 1. The van der Waals surface area contributed by atoms with Gasteiger partial charge >= 0.3 is 6.01 Å². The van der Waals surface area contributed by atoms with E-state index in [0.717, 1.165) is 70.2 Å². The topological polar surface area (TPSA) is 71.8 Å². The molecule has 35 heavy (non-hydrogen) atoms. The average Bonchev–Trinajstić information content (AvgIpc) is 3.29. The van der Waals surface area contributed by atoms with E-state index in [1.54, 1.807) is 0 Å². The standard InChI is InChI=1S/C27H37N7O/c1-31-13-6-9-23(31)20-35-27-29-25-19-33(17-21-7-4-3-5-8-21)14-11-24(25)26(30-27)34-16-15-32(2)22(18-34)10-12-28/h3-5,7-8,22-23H,6,9-11,13-20H2,1-2H3/t22?,23-/m0/s1. The summed E-state index contributed by atoms with van der Waals surface area (Å²) in [6.45, 7) is 7.10. The third-order valence-electron chi connectivity index (χ3n) is 7.83. The minimum atomic E-state index is 0.217. The molecule has 2 saturated heterocycles. The fraction of sp³-hybridized carbons (Fsp3) is 0.593. The van der Waals surface area contributed by atoms with E-state index in [9.17, 15) is 5.26 Å². The van der Waals surface area contributed by atoms with Crippen LogP contribution in [0.3, 0.4) is 0 Å². The minimum absolute atomic E-state index is 0.217. The first-order chi connectivity index (χ1) is 17.1. The number of nitrogens with zero attached hydrogens (tertiary/aromatic N) is 7. The van der Waals surface area contributed by atoms with Crippen molar-refractivity contribution in [2.24, 2.45) is 0 Å². The van der Waals surface area contributed by atoms with E-state index in [4.69, 9.17) is 14.7 Å². The lowest BCUT2D eigenvalue weighted by Gasteiger charge is -2.40. The Bertz CT molecular complexity index is 1040. The van der Waals surface area contributed by atoms with Crippen LogP contribution < -0.4 is 9.64 Å². The van der Waals surface area contributed by atoms with Crippen molar-refractivity contribution in [1.82, 2.24) is 24.7 Å². The summed E-state index contributed by atoms with van der Waals surface area (Å²) >= 11 is 0. The predicted molar refractivity (Wildman–Crippen MR) is 136 cm³/mol. The van der Waals surface area contributed by atoms with Gasteiger partial charge in [0.05, 0.1) is 18.2 Å². The zero-order chi connectivity index (χ0) is 24.2. The number of piperazine rings is 1. The van der Waals surface area contributed by atoms with E-state index in [1.165, 1.54) is 17.5 Å². The van der Waals surface area contributed by atoms with Gasteiger partial charge in [-0.1, -0.05) is 30.3 Å². The number of hydrogen-bond acceptors (Lipinski definition) is 8. The highest BCUT2D eigenvalue weighted by atomic mass is 16.5. The summed E-state index contributed by atoms with van der Waals surface area (Å²) < 4.78 is 6.24. The third-order valence-corrected chi connectivity index (χ3v) is 7.83. The van der Waals surface area contributed by atoms with Gasteiger partial charge in [0.1, 0.15) is 12.4 Å². The Morgan fingerprint density at radius 2 is 1.86 bits per heavy atom. The number of likely N-dealkylation sites (N-methyl/N-ethyl adjacent to an activating group) is 2. The number of anilines is 1. The van der Waals surface area contributed by atoms with Crippen molar-refractivity contribution in [1.29, 1.82) is 5.26 Å². The van der Waals surface area contributed by atoms with Crippen LogP contribution >= 0.6 is 0 Å². The maximum absolute atomic E-state index is 9.32. The van der Waals surface area contributed by atoms with Crippen LogP contribution in [0.1, 0.15) is 36.1 Å². The smallest absolute Gasteiger partial charge is 0.318 e. The number of rotatable bonds is 7. The van der Waals surface area contributed by atoms with E-state index < -0.39 is 0 Å². The molecule has 1 unspecified atom stereocenters. The molecule has 1 aromatic carbocycles. The van der Waals surface area contributed by atoms with Crippen molar-refractivity contribution in [2.45, 2.75) is 50.9 Å². The zero-order valence-corrected chi connectivity index (χ0v) is 21.1. The molecule has 2 fully saturated rings. The van der Waals surface area contributed by atoms with E-state index in [0.29, 0.717) is 25.1 Å². The summed E-state index contributed by atoms with van der Waals surface area (Å²) in [7, 11) is 4.28. The number of aromatic nitrogens is 2. The summed E-state index contributed by atoms with van der Waals surface area (Å²) in [6.07, 6.45) is 3.84. The molecule has 8 heteroatoms. The monoisotopic (exact) mass is 475 g/mol. The molecule has 3 aliphatic rings. The molecule has 0 radical (unpaired) electrons. The van der Waals surface area contributed by atoms with Gasteiger partial charge in [-0.05, 0) is 45.5 Å². The lowest BCUT2D eigenvalue weighted by Crippen LogP contribution is -2.52. The van der Waals surface area contributed by atoms with Crippen LogP contribution in [-0.2, 0) is 19.5 Å². The van der Waals surface area contributed by atoms with Crippen LogP contribution in [0.15, 0.2) is 30.3 Å². The van der Waals surface area contributed by atoms with Gasteiger partial charge < -0.3 is 14.5 Å². The Balaban J connectivity index is 1.39. The maximum atomic E-state index is 9.32. The molecule has 0 amide bonds. The Kier molecular flexibility index (Phi) is 7.47. The summed E-state index contributed by atoms with van der Waals surface area (Å²) in [4.78, 5) is 19.4. The molecule has 8 nitrogen and oxygen atoms in total. The highest BCUT2D eigenvalue weighted by Gasteiger charge is 2.31. The summed E-state index contributed by atoms with van der Waals surface area (Å²) in [5.41, 5.74) is 3.66. The van der Waals surface area contributed by atoms with Gasteiger partial charge in [0, 0.05) is 56.9 Å². The van der Waals surface area contributed by atoms with Gasteiger partial charge in [0.15, 0.2) is 0 Å². The number of hydrogen-bond donors (Lipinski definition) is 0. The quantitative estimate of drug-likeness (QED) is 0.605. The largest absolute Gasteiger partial charge is 0.462 e. The van der Waals surface area contributed by atoms with Gasteiger partial charge in [0.2, 0.25) is 0 Å². The van der Waals surface area contributed by atoms with Gasteiger partial charge in [-0.3, -0.25) is 9.80 Å². The summed E-state index contributed by atoms with van der Waals surface area (Å²) in [5.74, 6) is 1.01. The second kappa shape index (κ2) is 10.9. The lowest BCUT2D eigenvalue weighted by molar-refractivity contribution is 0.184. The molecular formula is C27H37N7O. The van der Waals surface area contributed by atoms with Crippen LogP contribution in [0.4, 0.5) is 5.82 Å².